The van der Waals surface area contributed by atoms with E-state index < -0.39 is 5.41 Å². The van der Waals surface area contributed by atoms with E-state index in [1.165, 1.54) is 0 Å². The molecule has 0 amide bonds. The monoisotopic (exact) mass is 348 g/mol. The molecule has 3 aromatic rings. The van der Waals surface area contributed by atoms with Crippen molar-refractivity contribution in [3.8, 4) is 17.2 Å². The fourth-order valence-electron chi connectivity index (χ4n) is 3.19. The van der Waals surface area contributed by atoms with Gasteiger partial charge in [0.25, 0.3) is 0 Å². The molecule has 0 atom stereocenters. The van der Waals surface area contributed by atoms with Crippen molar-refractivity contribution in [1.82, 2.24) is 0 Å². The van der Waals surface area contributed by atoms with Gasteiger partial charge in [0.05, 0.1) is 6.61 Å². The normalized spacial score (nSPS) is 11.3. The first-order chi connectivity index (χ1) is 12.5. The molecule has 0 unspecified atom stereocenters. The number of benzene rings is 3. The molecule has 134 valence electrons. The van der Waals surface area contributed by atoms with Crippen molar-refractivity contribution < 1.29 is 14.9 Å². The van der Waals surface area contributed by atoms with Gasteiger partial charge >= 0.3 is 0 Å². The zero-order chi connectivity index (χ0) is 18.6. The maximum Gasteiger partial charge on any atom is 0.119 e. The summed E-state index contributed by atoms with van der Waals surface area (Å²) in [6.07, 6.45) is 0.973. The van der Waals surface area contributed by atoms with Crippen molar-refractivity contribution >= 4 is 0 Å². The number of ether oxygens (including phenoxy) is 1. The van der Waals surface area contributed by atoms with Crippen LogP contribution in [0.4, 0.5) is 0 Å². The lowest BCUT2D eigenvalue weighted by molar-refractivity contribution is 0.317. The number of rotatable bonds is 6. The number of hydrogen-bond donors (Lipinski definition) is 2. The van der Waals surface area contributed by atoms with Gasteiger partial charge in [0.15, 0.2) is 0 Å². The van der Waals surface area contributed by atoms with E-state index in [0.29, 0.717) is 6.61 Å². The molecule has 0 aromatic heterocycles. The van der Waals surface area contributed by atoms with Crippen LogP contribution >= 0.6 is 0 Å². The minimum Gasteiger partial charge on any atom is -0.508 e. The van der Waals surface area contributed by atoms with Crippen LogP contribution in [0, 0.1) is 0 Å². The third kappa shape index (κ3) is 3.52. The zero-order valence-electron chi connectivity index (χ0n) is 15.1. The van der Waals surface area contributed by atoms with Crippen molar-refractivity contribution in [3.63, 3.8) is 0 Å². The topological polar surface area (TPSA) is 49.7 Å². The van der Waals surface area contributed by atoms with Gasteiger partial charge in [0, 0.05) is 5.41 Å². The number of hydrogen-bond acceptors (Lipinski definition) is 3. The van der Waals surface area contributed by atoms with Crippen LogP contribution in [0.5, 0.6) is 17.2 Å². The lowest BCUT2D eigenvalue weighted by atomic mass is 9.71. The smallest absolute Gasteiger partial charge is 0.119 e. The Balaban J connectivity index is 2.08. The molecule has 3 rings (SSSR count). The summed E-state index contributed by atoms with van der Waals surface area (Å²) in [7, 11) is 0. The van der Waals surface area contributed by atoms with E-state index in [-0.39, 0.29) is 11.5 Å². The second kappa shape index (κ2) is 7.52. The molecule has 2 N–H and O–H groups in total. The first kappa shape index (κ1) is 17.9. The van der Waals surface area contributed by atoms with Crippen LogP contribution in [0.2, 0.25) is 0 Å². The van der Waals surface area contributed by atoms with Gasteiger partial charge in [0.1, 0.15) is 17.2 Å². The van der Waals surface area contributed by atoms with E-state index in [2.05, 4.69) is 26.0 Å². The lowest BCUT2D eigenvalue weighted by Gasteiger charge is -2.32. The Labute approximate surface area is 154 Å². The third-order valence-corrected chi connectivity index (χ3v) is 4.79. The van der Waals surface area contributed by atoms with E-state index in [1.54, 1.807) is 24.3 Å². The largest absolute Gasteiger partial charge is 0.508 e. The summed E-state index contributed by atoms with van der Waals surface area (Å²) in [5.74, 6) is 1.34. The highest BCUT2D eigenvalue weighted by atomic mass is 16.5. The van der Waals surface area contributed by atoms with Crippen molar-refractivity contribution in [2.24, 2.45) is 0 Å². The Morgan fingerprint density at radius 1 is 0.692 bits per heavy atom. The number of aromatic hydroxyl groups is 2. The molecule has 0 bridgehead atoms. The van der Waals surface area contributed by atoms with Crippen LogP contribution in [-0.2, 0) is 5.41 Å². The molecule has 3 aromatic carbocycles. The van der Waals surface area contributed by atoms with E-state index in [4.69, 9.17) is 4.74 Å². The summed E-state index contributed by atoms with van der Waals surface area (Å²) in [5.41, 5.74) is 2.80. The second-order valence-electron chi connectivity index (χ2n) is 6.59. The molecule has 0 aliphatic heterocycles. The SMILES string of the molecule is CCCOc1ccc(C(C)(c2ccc(O)cc2)c2ccc(O)cc2)cc1. The van der Waals surface area contributed by atoms with Gasteiger partial charge in [-0.2, -0.15) is 0 Å². The molecule has 26 heavy (non-hydrogen) atoms. The number of phenols is 2. The Kier molecular flexibility index (Phi) is 5.17. The molecule has 3 nitrogen and oxygen atoms in total. The maximum absolute atomic E-state index is 9.67. The highest BCUT2D eigenvalue weighted by Crippen LogP contribution is 2.40. The average molecular weight is 348 g/mol. The molecule has 0 aliphatic rings. The molecule has 0 radical (unpaired) electrons. The Morgan fingerprint density at radius 3 is 1.46 bits per heavy atom. The van der Waals surface area contributed by atoms with Gasteiger partial charge in [-0.25, -0.2) is 0 Å². The Bertz CT molecular complexity index is 789. The summed E-state index contributed by atoms with van der Waals surface area (Å²) in [5, 5.41) is 19.3. The first-order valence-corrected chi connectivity index (χ1v) is 8.86. The van der Waals surface area contributed by atoms with Crippen LogP contribution in [0.25, 0.3) is 0 Å². The minimum atomic E-state index is -0.426. The van der Waals surface area contributed by atoms with Crippen LogP contribution in [0.3, 0.4) is 0 Å². The third-order valence-electron chi connectivity index (χ3n) is 4.79. The molecular formula is C23H24O3. The molecule has 0 spiro atoms. The molecule has 3 heteroatoms. The summed E-state index contributed by atoms with van der Waals surface area (Å²) in [6.45, 7) is 4.93. The fourth-order valence-corrected chi connectivity index (χ4v) is 3.19. The fraction of sp³-hybridized carbons (Fsp3) is 0.217. The predicted octanol–water partition coefficient (Wildman–Crippen LogP) is 5.24. The van der Waals surface area contributed by atoms with E-state index in [0.717, 1.165) is 28.9 Å². The number of phenolic OH excluding ortho intramolecular Hbond substituents is 2. The summed E-state index contributed by atoms with van der Waals surface area (Å²) in [6, 6.07) is 22.7. The highest BCUT2D eigenvalue weighted by Gasteiger charge is 2.31. The van der Waals surface area contributed by atoms with Crippen molar-refractivity contribution in [2.75, 3.05) is 6.61 Å². The van der Waals surface area contributed by atoms with Gasteiger partial charge in [-0.15, -0.1) is 0 Å². The van der Waals surface area contributed by atoms with E-state index >= 15 is 0 Å². The second-order valence-corrected chi connectivity index (χ2v) is 6.59. The summed E-state index contributed by atoms with van der Waals surface area (Å²) >= 11 is 0. The molecule has 0 saturated heterocycles. The van der Waals surface area contributed by atoms with Gasteiger partial charge in [-0.3, -0.25) is 0 Å². The Morgan fingerprint density at radius 2 is 1.08 bits per heavy atom. The van der Waals surface area contributed by atoms with Crippen LogP contribution < -0.4 is 4.74 Å². The maximum atomic E-state index is 9.67. The molecular weight excluding hydrogens is 324 g/mol. The predicted molar refractivity (Wildman–Crippen MR) is 104 cm³/mol. The van der Waals surface area contributed by atoms with Crippen molar-refractivity contribution in [2.45, 2.75) is 25.7 Å². The molecule has 0 saturated carbocycles. The summed E-state index contributed by atoms with van der Waals surface area (Å²) in [4.78, 5) is 0. The van der Waals surface area contributed by atoms with Crippen molar-refractivity contribution in [3.05, 3.63) is 89.5 Å². The van der Waals surface area contributed by atoms with Crippen LogP contribution in [0.1, 0.15) is 37.0 Å². The highest BCUT2D eigenvalue weighted by molar-refractivity contribution is 5.51. The molecule has 0 heterocycles. The van der Waals surface area contributed by atoms with Gasteiger partial charge in [-0.05, 0) is 66.4 Å². The summed E-state index contributed by atoms with van der Waals surface area (Å²) < 4.78 is 5.70. The standard InChI is InChI=1S/C23H24O3/c1-3-16-26-22-14-8-19(9-15-22)23(2,17-4-10-20(24)11-5-17)18-6-12-21(25)13-7-18/h4-15,24-25H,3,16H2,1-2H3. The average Bonchev–Trinajstić information content (AvgIpc) is 2.67. The lowest BCUT2D eigenvalue weighted by Crippen LogP contribution is -2.25. The molecule has 0 fully saturated rings. The molecule has 0 aliphatic carbocycles. The first-order valence-electron chi connectivity index (χ1n) is 8.86. The van der Waals surface area contributed by atoms with Gasteiger partial charge < -0.3 is 14.9 Å². The van der Waals surface area contributed by atoms with E-state index in [9.17, 15) is 10.2 Å². The van der Waals surface area contributed by atoms with Crippen LogP contribution in [-0.4, -0.2) is 16.8 Å². The van der Waals surface area contributed by atoms with Gasteiger partial charge in [-0.1, -0.05) is 43.3 Å². The minimum absolute atomic E-state index is 0.241. The Hall–Kier alpha value is -2.94. The zero-order valence-corrected chi connectivity index (χ0v) is 15.1. The van der Waals surface area contributed by atoms with E-state index in [1.807, 2.05) is 36.4 Å². The quantitative estimate of drug-likeness (QED) is 0.599. The van der Waals surface area contributed by atoms with Crippen molar-refractivity contribution in [1.29, 1.82) is 0 Å². The van der Waals surface area contributed by atoms with Gasteiger partial charge in [0.2, 0.25) is 0 Å². The van der Waals surface area contributed by atoms with Crippen LogP contribution in [0.15, 0.2) is 72.8 Å².